The summed E-state index contributed by atoms with van der Waals surface area (Å²) in [6.45, 7) is 0. The third kappa shape index (κ3) is 9.10. The van der Waals surface area contributed by atoms with Gasteiger partial charge in [0.1, 0.15) is 11.2 Å². The SMILES string of the molecule is CI.O=[N+]([O-])c1ccc(Br)cc1-c1coc2ccccc12.O=[N+]([O-])c1ccc(Br)cc1I.OB(O)c1coc2ccccc12. The lowest BCUT2D eigenvalue weighted by molar-refractivity contribution is -0.385. The maximum atomic E-state index is 11.1. The lowest BCUT2D eigenvalue weighted by Gasteiger charge is -2.02. The molecule has 6 aromatic rings. The average molecular weight is 950 g/mol. The maximum Gasteiger partial charge on any atom is 0.492 e. The standard InChI is InChI=1S/C14H8BrNO3.C8H7BO3.C6H3BrINO2.CH3I/c15-9-5-6-13(16(17)18)11(7-9)12-8-19-14-4-2-1-3-10(12)14;10-9(11)7-5-12-8-4-2-1-3-6(7)8;7-4-1-2-6(9(10)11)5(8)3-4;1-2/h1-8H;1-5,10-11H;1-3H;1H3. The summed E-state index contributed by atoms with van der Waals surface area (Å²) >= 11 is 10.6. The van der Waals surface area contributed by atoms with Gasteiger partial charge in [-0.15, -0.1) is 0 Å². The molecule has 2 N–H and O–H groups in total. The largest absolute Gasteiger partial charge is 0.492 e. The summed E-state index contributed by atoms with van der Waals surface area (Å²) in [7, 11) is -1.46. The molecule has 6 rings (SSSR count). The van der Waals surface area contributed by atoms with Gasteiger partial charge < -0.3 is 18.9 Å². The van der Waals surface area contributed by atoms with E-state index >= 15 is 0 Å². The van der Waals surface area contributed by atoms with Gasteiger partial charge in [0.25, 0.3) is 11.4 Å². The van der Waals surface area contributed by atoms with Gasteiger partial charge in [0.15, 0.2) is 0 Å². The van der Waals surface area contributed by atoms with Crippen molar-refractivity contribution >= 4 is 123 Å². The van der Waals surface area contributed by atoms with Gasteiger partial charge in [-0.25, -0.2) is 0 Å². The molecule has 0 spiro atoms. The number of hydrogen-bond donors (Lipinski definition) is 2. The number of furan rings is 2. The Balaban J connectivity index is 0.000000184. The third-order valence-corrected chi connectivity index (χ3v) is 7.67. The Morgan fingerprint density at radius 3 is 1.77 bits per heavy atom. The van der Waals surface area contributed by atoms with E-state index in [0.29, 0.717) is 25.8 Å². The fourth-order valence-electron chi connectivity index (χ4n) is 3.90. The second kappa shape index (κ2) is 17.0. The fraction of sp³-hybridized carbons (Fsp3) is 0.0345. The van der Waals surface area contributed by atoms with Crippen LogP contribution >= 0.6 is 77.0 Å². The van der Waals surface area contributed by atoms with E-state index in [1.54, 1.807) is 42.7 Å². The Morgan fingerprint density at radius 2 is 1.20 bits per heavy atom. The molecule has 0 saturated carbocycles. The van der Waals surface area contributed by atoms with E-state index in [1.807, 2.05) is 63.9 Å². The van der Waals surface area contributed by atoms with Crippen LogP contribution in [0.3, 0.4) is 0 Å². The molecule has 0 aliphatic heterocycles. The highest BCUT2D eigenvalue weighted by Crippen LogP contribution is 2.37. The van der Waals surface area contributed by atoms with Crippen LogP contribution in [0, 0.1) is 23.8 Å². The summed E-state index contributed by atoms with van der Waals surface area (Å²) < 4.78 is 12.8. The zero-order chi connectivity index (χ0) is 32.4. The molecule has 10 nitrogen and oxygen atoms in total. The number of nitro groups is 2. The molecule has 0 radical (unpaired) electrons. The topological polar surface area (TPSA) is 153 Å². The van der Waals surface area contributed by atoms with Crippen LogP contribution in [0.5, 0.6) is 0 Å². The van der Waals surface area contributed by atoms with E-state index in [0.717, 1.165) is 25.3 Å². The molecule has 4 aromatic carbocycles. The van der Waals surface area contributed by atoms with Gasteiger partial charge in [-0.1, -0.05) is 90.8 Å². The van der Waals surface area contributed by atoms with Crippen LogP contribution < -0.4 is 5.46 Å². The Bertz CT molecular complexity index is 1900. The first-order chi connectivity index (χ1) is 21.1. The summed E-state index contributed by atoms with van der Waals surface area (Å²) in [6, 6.07) is 24.4. The summed E-state index contributed by atoms with van der Waals surface area (Å²) in [5.41, 5.74) is 3.27. The first-order valence-electron chi connectivity index (χ1n) is 12.3. The highest BCUT2D eigenvalue weighted by Gasteiger charge is 2.19. The molecular formula is C29H21BBr2I2N2O8. The van der Waals surface area contributed by atoms with Crippen molar-refractivity contribution in [3.05, 3.63) is 130 Å². The van der Waals surface area contributed by atoms with Crippen LogP contribution in [-0.4, -0.2) is 31.9 Å². The number of alkyl halides is 1. The lowest BCUT2D eigenvalue weighted by atomic mass is 9.80. The van der Waals surface area contributed by atoms with Crippen molar-refractivity contribution in [3.8, 4) is 11.1 Å². The number of hydrogen-bond acceptors (Lipinski definition) is 8. The van der Waals surface area contributed by atoms with E-state index in [2.05, 4.69) is 54.5 Å². The molecule has 226 valence electrons. The smallest absolute Gasteiger partial charge is 0.465 e. The zero-order valence-corrected chi connectivity index (χ0v) is 30.1. The monoisotopic (exact) mass is 948 g/mol. The predicted octanol–water partition coefficient (Wildman–Crippen LogP) is 8.90. The van der Waals surface area contributed by atoms with E-state index in [4.69, 9.17) is 18.9 Å². The van der Waals surface area contributed by atoms with Crippen molar-refractivity contribution in [1.82, 2.24) is 0 Å². The fourth-order valence-corrected chi connectivity index (χ4v) is 5.76. The molecule has 0 amide bonds. The van der Waals surface area contributed by atoms with E-state index in [-0.39, 0.29) is 16.3 Å². The van der Waals surface area contributed by atoms with Gasteiger partial charge in [0.05, 0.1) is 31.5 Å². The van der Waals surface area contributed by atoms with E-state index in [1.165, 1.54) is 18.4 Å². The lowest BCUT2D eigenvalue weighted by Crippen LogP contribution is -2.28. The molecule has 0 unspecified atom stereocenters. The molecule has 0 bridgehead atoms. The molecule has 2 aromatic heterocycles. The average Bonchev–Trinajstić information content (AvgIpc) is 3.63. The molecule has 0 fully saturated rings. The van der Waals surface area contributed by atoms with Gasteiger partial charge in [0.2, 0.25) is 0 Å². The third-order valence-electron chi connectivity index (χ3n) is 5.82. The van der Waals surface area contributed by atoms with Gasteiger partial charge in [-0.2, -0.15) is 0 Å². The summed E-state index contributed by atoms with van der Waals surface area (Å²) in [6.07, 6.45) is 2.91. The number of para-hydroxylation sites is 2. The minimum atomic E-state index is -1.46. The Hall–Kier alpha value is -2.84. The van der Waals surface area contributed by atoms with Crippen molar-refractivity contribution < 1.29 is 28.7 Å². The Morgan fingerprint density at radius 1 is 0.705 bits per heavy atom. The van der Waals surface area contributed by atoms with Crippen molar-refractivity contribution in [3.63, 3.8) is 0 Å². The predicted molar refractivity (Wildman–Crippen MR) is 196 cm³/mol. The van der Waals surface area contributed by atoms with Crippen molar-refractivity contribution in [1.29, 1.82) is 0 Å². The van der Waals surface area contributed by atoms with Gasteiger partial charge in [-0.3, -0.25) is 20.2 Å². The minimum absolute atomic E-state index is 0.0646. The number of nitrogens with zero attached hydrogens (tertiary/aromatic N) is 2. The summed E-state index contributed by atoms with van der Waals surface area (Å²) in [4.78, 5) is 22.6. The first-order valence-corrected chi connectivity index (χ1v) is 17.1. The van der Waals surface area contributed by atoms with Crippen LogP contribution in [0.25, 0.3) is 33.1 Å². The molecule has 0 saturated heterocycles. The second-order valence-electron chi connectivity index (χ2n) is 8.48. The van der Waals surface area contributed by atoms with Crippen LogP contribution in [0.1, 0.15) is 0 Å². The Kier molecular flexibility index (Phi) is 13.8. The van der Waals surface area contributed by atoms with Crippen LogP contribution in [0.2, 0.25) is 0 Å². The van der Waals surface area contributed by atoms with Crippen LogP contribution in [0.4, 0.5) is 11.4 Å². The van der Waals surface area contributed by atoms with Crippen LogP contribution in [-0.2, 0) is 0 Å². The van der Waals surface area contributed by atoms with Gasteiger partial charge in [0, 0.05) is 42.9 Å². The zero-order valence-electron chi connectivity index (χ0n) is 22.6. The van der Waals surface area contributed by atoms with Crippen molar-refractivity contribution in [2.75, 3.05) is 4.93 Å². The molecule has 0 atom stereocenters. The molecule has 2 heterocycles. The number of benzene rings is 4. The highest BCUT2D eigenvalue weighted by atomic mass is 127. The molecule has 15 heteroatoms. The normalized spacial score (nSPS) is 10.1. The number of halogens is 4. The minimum Gasteiger partial charge on any atom is -0.465 e. The number of rotatable bonds is 4. The van der Waals surface area contributed by atoms with Gasteiger partial charge in [-0.05, 0) is 63.9 Å². The highest BCUT2D eigenvalue weighted by molar-refractivity contribution is 14.1. The Labute approximate surface area is 295 Å². The molecular weight excluding hydrogens is 929 g/mol. The number of nitro benzene ring substituents is 2. The molecule has 44 heavy (non-hydrogen) atoms. The second-order valence-corrected chi connectivity index (χ2v) is 11.5. The van der Waals surface area contributed by atoms with E-state index in [9.17, 15) is 20.2 Å². The maximum absolute atomic E-state index is 11.1. The molecule has 0 aliphatic carbocycles. The van der Waals surface area contributed by atoms with Gasteiger partial charge >= 0.3 is 7.12 Å². The van der Waals surface area contributed by atoms with E-state index < -0.39 is 12.0 Å². The van der Waals surface area contributed by atoms with Crippen molar-refractivity contribution in [2.45, 2.75) is 0 Å². The first kappa shape index (κ1) is 35.6. The van der Waals surface area contributed by atoms with Crippen LogP contribution in [0.15, 0.2) is 115 Å². The molecule has 0 aliphatic rings. The number of fused-ring (bicyclic) bond motifs is 2. The van der Waals surface area contributed by atoms with Crippen molar-refractivity contribution in [2.24, 2.45) is 0 Å². The quantitative estimate of drug-likeness (QED) is 0.0585. The summed E-state index contributed by atoms with van der Waals surface area (Å²) in [5, 5.41) is 40.9. The summed E-state index contributed by atoms with van der Waals surface area (Å²) in [5.74, 6) is 0.